The highest BCUT2D eigenvalue weighted by molar-refractivity contribution is 6.06. The lowest BCUT2D eigenvalue weighted by Crippen LogP contribution is -2.41. The van der Waals surface area contributed by atoms with Crippen LogP contribution < -0.4 is 10.6 Å². The molecule has 1 saturated carbocycles. The van der Waals surface area contributed by atoms with E-state index in [9.17, 15) is 14.7 Å². The molecular weight excluding hydrogens is 384 g/mol. The number of nitrogens with zero attached hydrogens (tertiary/aromatic N) is 2. The van der Waals surface area contributed by atoms with E-state index in [1.165, 1.54) is 11.2 Å². The maximum absolute atomic E-state index is 12.7. The van der Waals surface area contributed by atoms with Gasteiger partial charge in [-0.25, -0.2) is 4.99 Å². The first kappa shape index (κ1) is 20.7. The Kier molecular flexibility index (Phi) is 5.69. The van der Waals surface area contributed by atoms with Crippen molar-refractivity contribution in [3.8, 4) is 0 Å². The number of rotatable bonds is 8. The Morgan fingerprint density at radius 1 is 1.27 bits per heavy atom. The van der Waals surface area contributed by atoms with Crippen molar-refractivity contribution >= 4 is 17.8 Å². The fraction of sp³-hybridized carbons (Fsp3) is 0.591. The first-order chi connectivity index (χ1) is 14.4. The van der Waals surface area contributed by atoms with Gasteiger partial charge in [-0.3, -0.25) is 14.5 Å². The van der Waals surface area contributed by atoms with Gasteiger partial charge in [-0.15, -0.1) is 0 Å². The van der Waals surface area contributed by atoms with Gasteiger partial charge in [0.2, 0.25) is 11.8 Å². The number of fused-ring (bicyclic) bond motifs is 5. The second-order valence-corrected chi connectivity index (χ2v) is 8.55. The smallest absolute Gasteiger partial charge is 0.233 e. The van der Waals surface area contributed by atoms with Crippen molar-refractivity contribution < 1.29 is 19.1 Å². The van der Waals surface area contributed by atoms with Gasteiger partial charge in [-0.1, -0.05) is 12.2 Å². The van der Waals surface area contributed by atoms with Crippen LogP contribution in [0.1, 0.15) is 32.4 Å². The number of aliphatic imine (C=N–C) groups is 1. The van der Waals surface area contributed by atoms with Crippen LogP contribution in [0.2, 0.25) is 0 Å². The molecule has 30 heavy (non-hydrogen) atoms. The summed E-state index contributed by atoms with van der Waals surface area (Å²) in [4.78, 5) is 31.3. The van der Waals surface area contributed by atoms with Crippen LogP contribution in [0.5, 0.6) is 0 Å². The Morgan fingerprint density at radius 3 is 2.57 bits per heavy atom. The minimum atomic E-state index is -1.20. The number of carbonyl (C=O) groups is 2. The number of imide groups is 1. The molecule has 1 aliphatic heterocycles. The highest BCUT2D eigenvalue weighted by Crippen LogP contribution is 2.52. The van der Waals surface area contributed by atoms with Gasteiger partial charge in [0.1, 0.15) is 11.4 Å². The predicted molar refractivity (Wildman–Crippen MR) is 111 cm³/mol. The minimum absolute atomic E-state index is 0.00285. The van der Waals surface area contributed by atoms with E-state index in [0.717, 1.165) is 6.42 Å². The maximum Gasteiger partial charge on any atom is 0.233 e. The Hall–Kier alpha value is -2.61. The Morgan fingerprint density at radius 2 is 1.97 bits per heavy atom. The second-order valence-electron chi connectivity index (χ2n) is 8.55. The van der Waals surface area contributed by atoms with Crippen LogP contribution in [0, 0.1) is 23.7 Å². The summed E-state index contributed by atoms with van der Waals surface area (Å²) < 4.78 is 5.28. The molecule has 2 amide bonds. The Labute approximate surface area is 176 Å². The van der Waals surface area contributed by atoms with Crippen LogP contribution in [0.15, 0.2) is 40.0 Å². The molecule has 4 rings (SSSR count). The first-order valence-electron chi connectivity index (χ1n) is 10.7. The quantitative estimate of drug-likeness (QED) is 0.194. The van der Waals surface area contributed by atoms with Gasteiger partial charge in [0.25, 0.3) is 0 Å². The summed E-state index contributed by atoms with van der Waals surface area (Å²) in [5, 5.41) is 16.9. The number of hydrogen-bond acceptors (Lipinski definition) is 5. The average molecular weight is 415 g/mol. The number of guanidine groups is 1. The largest absolute Gasteiger partial charge is 0.466 e. The average Bonchev–Trinajstić information content (AvgIpc) is 3.50. The molecule has 8 heteroatoms. The lowest BCUT2D eigenvalue weighted by Gasteiger charge is -2.20. The Balaban J connectivity index is 1.27. The van der Waals surface area contributed by atoms with E-state index in [4.69, 9.17) is 4.42 Å². The molecule has 2 fully saturated rings. The van der Waals surface area contributed by atoms with Gasteiger partial charge in [-0.2, -0.15) is 0 Å². The van der Waals surface area contributed by atoms with Crippen molar-refractivity contribution in [2.75, 3.05) is 26.2 Å². The number of likely N-dealkylation sites (tertiary alicyclic amines) is 1. The van der Waals surface area contributed by atoms with Gasteiger partial charge in [0.05, 0.1) is 24.6 Å². The molecule has 1 aromatic rings. The van der Waals surface area contributed by atoms with Crippen LogP contribution in [-0.2, 0) is 15.2 Å². The highest BCUT2D eigenvalue weighted by atomic mass is 16.4. The third-order valence-corrected chi connectivity index (χ3v) is 6.35. The molecule has 5 unspecified atom stereocenters. The van der Waals surface area contributed by atoms with Gasteiger partial charge in [0.15, 0.2) is 5.96 Å². The number of aliphatic hydroxyl groups is 1. The van der Waals surface area contributed by atoms with Gasteiger partial charge < -0.3 is 20.2 Å². The monoisotopic (exact) mass is 414 g/mol. The molecule has 3 N–H and O–H groups in total. The van der Waals surface area contributed by atoms with Crippen LogP contribution in [0.25, 0.3) is 0 Å². The lowest BCUT2D eigenvalue weighted by atomic mass is 9.85. The summed E-state index contributed by atoms with van der Waals surface area (Å²) >= 11 is 0. The topological polar surface area (TPSA) is 107 Å². The summed E-state index contributed by atoms with van der Waals surface area (Å²) in [7, 11) is 0. The normalized spacial score (nSPS) is 29.4. The molecule has 3 aliphatic rings. The molecule has 1 saturated heterocycles. The molecule has 5 atom stereocenters. The second kappa shape index (κ2) is 8.26. The maximum atomic E-state index is 12.7. The number of hydrogen-bond donors (Lipinski definition) is 3. The van der Waals surface area contributed by atoms with Crippen molar-refractivity contribution in [2.45, 2.75) is 32.3 Å². The molecule has 1 aromatic heterocycles. The molecular formula is C22H30N4O4. The zero-order valence-corrected chi connectivity index (χ0v) is 17.5. The summed E-state index contributed by atoms with van der Waals surface area (Å²) in [6.45, 7) is 5.41. The van der Waals surface area contributed by atoms with Crippen LogP contribution in [0.3, 0.4) is 0 Å². The van der Waals surface area contributed by atoms with E-state index in [2.05, 4.69) is 27.8 Å². The summed E-state index contributed by atoms with van der Waals surface area (Å²) in [5.41, 5.74) is -1.20. The van der Waals surface area contributed by atoms with Crippen molar-refractivity contribution in [1.29, 1.82) is 0 Å². The molecule has 0 spiro atoms. The molecule has 2 heterocycles. The minimum Gasteiger partial charge on any atom is -0.466 e. The fourth-order valence-electron chi connectivity index (χ4n) is 4.87. The van der Waals surface area contributed by atoms with E-state index >= 15 is 0 Å². The van der Waals surface area contributed by atoms with E-state index in [1.54, 1.807) is 19.1 Å². The van der Waals surface area contributed by atoms with Crippen molar-refractivity contribution in [1.82, 2.24) is 15.5 Å². The molecule has 8 nitrogen and oxygen atoms in total. The number of allylic oxidation sites excluding steroid dienone is 2. The fourth-order valence-corrected chi connectivity index (χ4v) is 4.87. The van der Waals surface area contributed by atoms with Crippen molar-refractivity contribution in [3.63, 3.8) is 0 Å². The number of amides is 2. The number of furan rings is 1. The summed E-state index contributed by atoms with van der Waals surface area (Å²) in [5.74, 6) is 1.24. The van der Waals surface area contributed by atoms with E-state index < -0.39 is 5.60 Å². The SMILES string of the molecule is CCNC(=NCC(C)(O)c1ccco1)NCCCN1C(=O)C2C3C=CC(C3)C2C1=O. The zero-order valence-electron chi connectivity index (χ0n) is 17.5. The molecule has 0 radical (unpaired) electrons. The lowest BCUT2D eigenvalue weighted by molar-refractivity contribution is -0.140. The summed E-state index contributed by atoms with van der Waals surface area (Å²) in [6.07, 6.45) is 7.33. The van der Waals surface area contributed by atoms with Crippen LogP contribution in [-0.4, -0.2) is 54.0 Å². The van der Waals surface area contributed by atoms with Crippen molar-refractivity contribution in [2.24, 2.45) is 28.7 Å². The van der Waals surface area contributed by atoms with Gasteiger partial charge >= 0.3 is 0 Å². The van der Waals surface area contributed by atoms with Crippen LogP contribution >= 0.6 is 0 Å². The van der Waals surface area contributed by atoms with E-state index in [1.807, 2.05) is 6.92 Å². The first-order valence-corrected chi connectivity index (χ1v) is 10.7. The van der Waals surface area contributed by atoms with Gasteiger partial charge in [-0.05, 0) is 50.7 Å². The molecule has 2 aliphatic carbocycles. The predicted octanol–water partition coefficient (Wildman–Crippen LogP) is 1.24. The van der Waals surface area contributed by atoms with E-state index in [-0.39, 0.29) is 42.0 Å². The van der Waals surface area contributed by atoms with Gasteiger partial charge in [0, 0.05) is 19.6 Å². The highest BCUT2D eigenvalue weighted by Gasteiger charge is 2.58. The molecule has 2 bridgehead atoms. The third kappa shape index (κ3) is 3.76. The zero-order chi connectivity index (χ0) is 21.3. The number of carbonyl (C=O) groups excluding carboxylic acids is 2. The summed E-state index contributed by atoms with van der Waals surface area (Å²) in [6, 6.07) is 3.45. The number of nitrogens with one attached hydrogen (secondary N) is 2. The van der Waals surface area contributed by atoms with E-state index in [0.29, 0.717) is 37.8 Å². The van der Waals surface area contributed by atoms with Crippen molar-refractivity contribution in [3.05, 3.63) is 36.3 Å². The van der Waals surface area contributed by atoms with Crippen LogP contribution in [0.4, 0.5) is 0 Å². The third-order valence-electron chi connectivity index (χ3n) is 6.35. The Bertz CT molecular complexity index is 815. The standard InChI is InChI=1S/C22H30N4O4/c1-3-23-21(25-13-22(2,29)16-6-4-11-30-16)24-9-5-10-26-19(27)17-14-7-8-15(12-14)18(17)20(26)28/h4,6-8,11,14-15,17-18,29H,3,5,9-10,12-13H2,1-2H3,(H2,23,24,25). The molecule has 162 valence electrons. The molecule has 0 aromatic carbocycles.